The van der Waals surface area contributed by atoms with Crippen LogP contribution in [0.5, 0.6) is 0 Å². The molecule has 0 spiro atoms. The zero-order chi connectivity index (χ0) is 10.0. The molecule has 0 aromatic heterocycles. The summed E-state index contributed by atoms with van der Waals surface area (Å²) < 4.78 is 0. The van der Waals surface area contributed by atoms with Gasteiger partial charge in [0, 0.05) is 5.92 Å². The van der Waals surface area contributed by atoms with Crippen LogP contribution in [0, 0.1) is 0 Å². The average molecular weight is 190 g/mol. The Balaban J connectivity index is 2.24. The predicted octanol–water partition coefficient (Wildman–Crippen LogP) is 3.10. The second-order valence-electron chi connectivity index (χ2n) is 4.57. The molecule has 1 heteroatoms. The maximum absolute atomic E-state index is 10.3. The molecule has 0 radical (unpaired) electrons. The smallest absolute Gasteiger partial charge is 0.0688 e. The van der Waals surface area contributed by atoms with Crippen molar-refractivity contribution in [1.82, 2.24) is 0 Å². The fourth-order valence-electron chi connectivity index (χ4n) is 2.53. The quantitative estimate of drug-likeness (QED) is 0.721. The molecule has 0 amide bonds. The molecule has 0 bridgehead atoms. The average Bonchev–Trinajstić information content (AvgIpc) is 2.18. The number of benzene rings is 1. The van der Waals surface area contributed by atoms with Crippen LogP contribution >= 0.6 is 0 Å². The zero-order valence-corrected chi connectivity index (χ0v) is 8.74. The molecule has 76 valence electrons. The lowest BCUT2D eigenvalue weighted by atomic mass is 9.73. The summed E-state index contributed by atoms with van der Waals surface area (Å²) in [6.45, 7) is 1.98. The first kappa shape index (κ1) is 9.72. The van der Waals surface area contributed by atoms with Crippen molar-refractivity contribution >= 4 is 0 Å². The molecule has 2 rings (SSSR count). The largest absolute Gasteiger partial charge is 0.390 e. The van der Waals surface area contributed by atoms with Crippen molar-refractivity contribution in [2.45, 2.75) is 44.1 Å². The Labute approximate surface area is 85.8 Å². The van der Waals surface area contributed by atoms with E-state index < -0.39 is 5.60 Å². The Kier molecular flexibility index (Phi) is 2.60. The summed E-state index contributed by atoms with van der Waals surface area (Å²) in [4.78, 5) is 0. The van der Waals surface area contributed by atoms with Gasteiger partial charge in [-0.2, -0.15) is 0 Å². The fraction of sp³-hybridized carbons (Fsp3) is 0.538. The minimum atomic E-state index is -0.500. The van der Waals surface area contributed by atoms with Crippen LogP contribution in [-0.4, -0.2) is 10.7 Å². The molecule has 1 nitrogen and oxygen atoms in total. The van der Waals surface area contributed by atoms with Crippen molar-refractivity contribution in [3.63, 3.8) is 0 Å². The van der Waals surface area contributed by atoms with E-state index in [4.69, 9.17) is 0 Å². The van der Waals surface area contributed by atoms with Crippen molar-refractivity contribution in [2.24, 2.45) is 0 Å². The number of hydrogen-bond donors (Lipinski definition) is 1. The van der Waals surface area contributed by atoms with Crippen LogP contribution in [0.3, 0.4) is 0 Å². The first-order valence-electron chi connectivity index (χ1n) is 5.47. The summed E-state index contributed by atoms with van der Waals surface area (Å²) in [7, 11) is 0. The van der Waals surface area contributed by atoms with Gasteiger partial charge in [0.1, 0.15) is 0 Å². The van der Waals surface area contributed by atoms with E-state index in [1.54, 1.807) is 0 Å². The summed E-state index contributed by atoms with van der Waals surface area (Å²) in [6, 6.07) is 10.4. The van der Waals surface area contributed by atoms with Gasteiger partial charge < -0.3 is 5.11 Å². The summed E-state index contributed by atoms with van der Waals surface area (Å²) in [5.74, 6) is 0.331. The van der Waals surface area contributed by atoms with Crippen molar-refractivity contribution in [3.05, 3.63) is 35.9 Å². The Morgan fingerprint density at radius 2 is 1.93 bits per heavy atom. The molecule has 1 aliphatic rings. The van der Waals surface area contributed by atoms with E-state index in [-0.39, 0.29) is 0 Å². The van der Waals surface area contributed by atoms with Crippen molar-refractivity contribution in [1.29, 1.82) is 0 Å². The molecule has 0 aliphatic heterocycles. The van der Waals surface area contributed by atoms with E-state index in [9.17, 15) is 5.11 Å². The normalized spacial score (nSPS) is 32.9. The molecular weight excluding hydrogens is 172 g/mol. The third kappa shape index (κ3) is 1.83. The molecule has 1 N–H and O–H groups in total. The number of aliphatic hydroxyl groups is 1. The molecule has 14 heavy (non-hydrogen) atoms. The van der Waals surface area contributed by atoms with Gasteiger partial charge in [-0.3, -0.25) is 0 Å². The third-order valence-electron chi connectivity index (χ3n) is 3.38. The molecule has 0 unspecified atom stereocenters. The third-order valence-corrected chi connectivity index (χ3v) is 3.38. The van der Waals surface area contributed by atoms with Crippen molar-refractivity contribution in [2.75, 3.05) is 0 Å². The lowest BCUT2D eigenvalue weighted by Crippen LogP contribution is -2.35. The van der Waals surface area contributed by atoms with Gasteiger partial charge in [-0.1, -0.05) is 43.2 Å². The molecule has 1 aliphatic carbocycles. The van der Waals surface area contributed by atoms with Gasteiger partial charge in [0.25, 0.3) is 0 Å². The molecule has 1 fully saturated rings. The number of rotatable bonds is 1. The topological polar surface area (TPSA) is 20.2 Å². The molecule has 1 aromatic rings. The van der Waals surface area contributed by atoms with Crippen LogP contribution in [0.15, 0.2) is 30.3 Å². The summed E-state index contributed by atoms with van der Waals surface area (Å²) in [5, 5.41) is 10.3. The predicted molar refractivity (Wildman–Crippen MR) is 58.3 cm³/mol. The van der Waals surface area contributed by atoms with Crippen molar-refractivity contribution in [3.8, 4) is 0 Å². The summed E-state index contributed by atoms with van der Waals surface area (Å²) in [6.07, 6.45) is 4.47. The summed E-state index contributed by atoms with van der Waals surface area (Å²) in [5.41, 5.74) is 0.789. The molecule has 1 saturated carbocycles. The number of hydrogen-bond acceptors (Lipinski definition) is 1. The first-order chi connectivity index (χ1) is 6.70. The van der Waals surface area contributed by atoms with Crippen LogP contribution < -0.4 is 0 Å². The molecular formula is C13H18O. The van der Waals surface area contributed by atoms with Gasteiger partial charge in [-0.05, 0) is 25.3 Å². The molecule has 1 aromatic carbocycles. The SMILES string of the molecule is C[C@]1(O)CCCC[C@@H]1c1ccccc1. The van der Waals surface area contributed by atoms with Crippen LogP contribution in [0.2, 0.25) is 0 Å². The maximum atomic E-state index is 10.3. The van der Waals surface area contributed by atoms with E-state index in [1.807, 2.05) is 13.0 Å². The van der Waals surface area contributed by atoms with Gasteiger partial charge in [-0.15, -0.1) is 0 Å². The standard InChI is InChI=1S/C13H18O/c1-13(14)10-6-5-9-12(13)11-7-3-2-4-8-11/h2-4,7-8,12,14H,5-6,9-10H2,1H3/t12-,13+/m1/s1. The van der Waals surface area contributed by atoms with Crippen LogP contribution in [0.25, 0.3) is 0 Å². The monoisotopic (exact) mass is 190 g/mol. The Morgan fingerprint density at radius 1 is 1.21 bits per heavy atom. The van der Waals surface area contributed by atoms with Crippen LogP contribution in [0.1, 0.15) is 44.1 Å². The summed E-state index contributed by atoms with van der Waals surface area (Å²) >= 11 is 0. The van der Waals surface area contributed by atoms with Gasteiger partial charge in [0.05, 0.1) is 5.60 Å². The Morgan fingerprint density at radius 3 is 2.57 bits per heavy atom. The van der Waals surface area contributed by atoms with Gasteiger partial charge in [0.15, 0.2) is 0 Å². The van der Waals surface area contributed by atoms with Crippen LogP contribution in [0.4, 0.5) is 0 Å². The molecule has 0 saturated heterocycles. The first-order valence-corrected chi connectivity index (χ1v) is 5.47. The minimum absolute atomic E-state index is 0.331. The minimum Gasteiger partial charge on any atom is -0.390 e. The van der Waals surface area contributed by atoms with E-state index in [0.717, 1.165) is 19.3 Å². The van der Waals surface area contributed by atoms with Crippen LogP contribution in [-0.2, 0) is 0 Å². The second kappa shape index (κ2) is 3.74. The van der Waals surface area contributed by atoms with E-state index in [1.165, 1.54) is 12.0 Å². The highest BCUT2D eigenvalue weighted by Gasteiger charge is 2.34. The van der Waals surface area contributed by atoms with Crippen molar-refractivity contribution < 1.29 is 5.11 Å². The Bertz CT molecular complexity index is 289. The van der Waals surface area contributed by atoms with Gasteiger partial charge in [0.2, 0.25) is 0 Å². The van der Waals surface area contributed by atoms with E-state index in [0.29, 0.717) is 5.92 Å². The molecule has 0 heterocycles. The van der Waals surface area contributed by atoms with Gasteiger partial charge >= 0.3 is 0 Å². The lowest BCUT2D eigenvalue weighted by molar-refractivity contribution is 0.000662. The van der Waals surface area contributed by atoms with Gasteiger partial charge in [-0.25, -0.2) is 0 Å². The highest BCUT2D eigenvalue weighted by atomic mass is 16.3. The Hall–Kier alpha value is -0.820. The highest BCUT2D eigenvalue weighted by molar-refractivity contribution is 5.23. The highest BCUT2D eigenvalue weighted by Crippen LogP contribution is 2.40. The van der Waals surface area contributed by atoms with E-state index >= 15 is 0 Å². The zero-order valence-electron chi connectivity index (χ0n) is 8.74. The fourth-order valence-corrected chi connectivity index (χ4v) is 2.53. The second-order valence-corrected chi connectivity index (χ2v) is 4.57. The maximum Gasteiger partial charge on any atom is 0.0688 e. The lowest BCUT2D eigenvalue weighted by Gasteiger charge is -2.37. The molecule has 2 atom stereocenters. The van der Waals surface area contributed by atoms with E-state index in [2.05, 4.69) is 24.3 Å².